The summed E-state index contributed by atoms with van der Waals surface area (Å²) < 4.78 is 11.7. The van der Waals surface area contributed by atoms with Crippen LogP contribution in [0.15, 0.2) is 58.4 Å². The van der Waals surface area contributed by atoms with Crippen molar-refractivity contribution in [1.29, 1.82) is 0 Å². The fourth-order valence-electron chi connectivity index (χ4n) is 2.87. The van der Waals surface area contributed by atoms with Crippen LogP contribution in [0, 0.1) is 10.1 Å². The molecule has 0 fully saturated rings. The second kappa shape index (κ2) is 10.4. The van der Waals surface area contributed by atoms with Crippen LogP contribution in [0.5, 0.6) is 5.75 Å². The number of thiophene rings is 1. The van der Waals surface area contributed by atoms with Gasteiger partial charge in [-0.1, -0.05) is 34.1 Å². The van der Waals surface area contributed by atoms with Crippen LogP contribution in [0.25, 0.3) is 11.1 Å². The van der Waals surface area contributed by atoms with Gasteiger partial charge >= 0.3 is 5.97 Å². The van der Waals surface area contributed by atoms with Crippen molar-refractivity contribution < 1.29 is 24.0 Å². The number of benzene rings is 2. The van der Waals surface area contributed by atoms with E-state index in [0.29, 0.717) is 16.9 Å². The third-order valence-electron chi connectivity index (χ3n) is 4.35. The molecule has 10 heteroatoms. The number of amides is 1. The molecule has 0 saturated carbocycles. The van der Waals surface area contributed by atoms with Crippen LogP contribution in [-0.4, -0.2) is 29.5 Å². The van der Waals surface area contributed by atoms with E-state index >= 15 is 0 Å². The van der Waals surface area contributed by atoms with Gasteiger partial charge in [0.05, 0.1) is 11.5 Å². The first-order valence-corrected chi connectivity index (χ1v) is 11.2. The molecule has 0 aliphatic rings. The van der Waals surface area contributed by atoms with E-state index in [1.54, 1.807) is 43.5 Å². The predicted molar refractivity (Wildman–Crippen MR) is 125 cm³/mol. The van der Waals surface area contributed by atoms with Gasteiger partial charge in [-0.25, -0.2) is 4.79 Å². The van der Waals surface area contributed by atoms with Crippen molar-refractivity contribution in [2.75, 3.05) is 11.9 Å². The van der Waals surface area contributed by atoms with Crippen LogP contribution in [0.3, 0.4) is 0 Å². The first kappa shape index (κ1) is 23.4. The van der Waals surface area contributed by atoms with Crippen LogP contribution < -0.4 is 10.1 Å². The summed E-state index contributed by atoms with van der Waals surface area (Å²) in [5.74, 6) is -0.579. The molecule has 166 valence electrons. The van der Waals surface area contributed by atoms with Gasteiger partial charge in [-0.3, -0.25) is 14.9 Å². The topological polar surface area (TPSA) is 108 Å². The molecular formula is C22H19BrN2O6S. The third kappa shape index (κ3) is 5.51. The number of anilines is 1. The number of carbonyl (C=O) groups excluding carboxylic acids is 2. The Morgan fingerprint density at radius 2 is 1.97 bits per heavy atom. The zero-order chi connectivity index (χ0) is 23.3. The number of hydrogen-bond acceptors (Lipinski definition) is 7. The number of rotatable bonds is 8. The minimum absolute atomic E-state index is 0.106. The van der Waals surface area contributed by atoms with E-state index < -0.39 is 22.9 Å². The Labute approximate surface area is 196 Å². The largest absolute Gasteiger partial charge is 0.481 e. The lowest BCUT2D eigenvalue weighted by Gasteiger charge is -2.15. The first-order chi connectivity index (χ1) is 15.3. The molecule has 8 nitrogen and oxygen atoms in total. The summed E-state index contributed by atoms with van der Waals surface area (Å²) in [6, 6.07) is 13.0. The highest BCUT2D eigenvalue weighted by atomic mass is 79.9. The number of non-ortho nitro benzene ring substituents is 1. The van der Waals surface area contributed by atoms with Gasteiger partial charge in [0, 0.05) is 27.5 Å². The molecule has 1 amide bonds. The van der Waals surface area contributed by atoms with E-state index in [0.717, 1.165) is 15.8 Å². The number of nitrogens with one attached hydrogen (secondary N) is 1. The average Bonchev–Trinajstić information content (AvgIpc) is 3.17. The van der Waals surface area contributed by atoms with E-state index in [9.17, 15) is 19.7 Å². The Morgan fingerprint density at radius 3 is 2.66 bits per heavy atom. The molecule has 1 N–H and O–H groups in total. The monoisotopic (exact) mass is 518 g/mol. The Bertz CT molecular complexity index is 1160. The molecule has 0 spiro atoms. The Balaban J connectivity index is 1.89. The van der Waals surface area contributed by atoms with Crippen molar-refractivity contribution in [1.82, 2.24) is 0 Å². The number of nitrogens with zero attached hydrogens (tertiary/aromatic N) is 1. The quantitative estimate of drug-likeness (QED) is 0.234. The summed E-state index contributed by atoms with van der Waals surface area (Å²) >= 11 is 4.48. The van der Waals surface area contributed by atoms with Gasteiger partial charge in [0.1, 0.15) is 16.3 Å². The van der Waals surface area contributed by atoms with Crippen molar-refractivity contribution in [2.45, 2.75) is 20.0 Å². The van der Waals surface area contributed by atoms with Gasteiger partial charge in [0.2, 0.25) is 0 Å². The fraction of sp³-hybridized carbons (Fsp3) is 0.182. The smallest absolute Gasteiger partial charge is 0.341 e. The van der Waals surface area contributed by atoms with Crippen molar-refractivity contribution in [3.05, 3.63) is 74.1 Å². The van der Waals surface area contributed by atoms with Crippen LogP contribution in [-0.2, 0) is 9.53 Å². The van der Waals surface area contributed by atoms with Gasteiger partial charge in [-0.2, -0.15) is 0 Å². The summed E-state index contributed by atoms with van der Waals surface area (Å²) in [5.41, 5.74) is 0.941. The molecule has 32 heavy (non-hydrogen) atoms. The normalized spacial score (nSPS) is 11.5. The number of carbonyl (C=O) groups is 2. The Hall–Kier alpha value is -3.24. The van der Waals surface area contributed by atoms with Gasteiger partial charge < -0.3 is 14.8 Å². The van der Waals surface area contributed by atoms with Crippen LogP contribution >= 0.6 is 27.3 Å². The summed E-state index contributed by atoms with van der Waals surface area (Å²) in [7, 11) is 0. The van der Waals surface area contributed by atoms with Crippen molar-refractivity contribution >= 4 is 49.8 Å². The van der Waals surface area contributed by atoms with Gasteiger partial charge in [-0.05, 0) is 37.6 Å². The number of ether oxygens (including phenoxy) is 2. The van der Waals surface area contributed by atoms with E-state index in [1.807, 2.05) is 6.07 Å². The number of hydrogen-bond donors (Lipinski definition) is 1. The lowest BCUT2D eigenvalue weighted by molar-refractivity contribution is -0.384. The highest BCUT2D eigenvalue weighted by Crippen LogP contribution is 2.37. The molecule has 0 aliphatic heterocycles. The Morgan fingerprint density at radius 1 is 1.22 bits per heavy atom. The molecule has 2 aromatic carbocycles. The summed E-state index contributed by atoms with van der Waals surface area (Å²) in [4.78, 5) is 36.1. The van der Waals surface area contributed by atoms with E-state index in [1.165, 1.54) is 18.2 Å². The highest BCUT2D eigenvalue weighted by Gasteiger charge is 2.25. The van der Waals surface area contributed by atoms with Crippen LogP contribution in [0.4, 0.5) is 10.7 Å². The Kier molecular flexibility index (Phi) is 7.60. The minimum atomic E-state index is -0.845. The lowest BCUT2D eigenvalue weighted by Crippen LogP contribution is -2.30. The molecule has 3 rings (SSSR count). The molecule has 0 aliphatic carbocycles. The van der Waals surface area contributed by atoms with Crippen molar-refractivity contribution in [3.8, 4) is 16.9 Å². The molecular weight excluding hydrogens is 500 g/mol. The van der Waals surface area contributed by atoms with Gasteiger partial charge in [0.15, 0.2) is 6.10 Å². The number of nitro benzene ring substituents is 1. The molecule has 3 aromatic rings. The first-order valence-electron chi connectivity index (χ1n) is 9.56. The van der Waals surface area contributed by atoms with E-state index in [2.05, 4.69) is 21.2 Å². The number of nitro groups is 1. The van der Waals surface area contributed by atoms with E-state index in [-0.39, 0.29) is 22.9 Å². The molecule has 0 bridgehead atoms. The number of halogens is 1. The van der Waals surface area contributed by atoms with Crippen LogP contribution in [0.2, 0.25) is 0 Å². The zero-order valence-corrected chi connectivity index (χ0v) is 19.6. The summed E-state index contributed by atoms with van der Waals surface area (Å²) in [5, 5.41) is 15.8. The summed E-state index contributed by atoms with van der Waals surface area (Å²) in [6.07, 6.45) is -0.845. The molecule has 0 unspecified atom stereocenters. The van der Waals surface area contributed by atoms with Crippen molar-refractivity contribution in [2.24, 2.45) is 0 Å². The minimum Gasteiger partial charge on any atom is -0.481 e. The maximum Gasteiger partial charge on any atom is 0.341 e. The van der Waals surface area contributed by atoms with Crippen molar-refractivity contribution in [3.63, 3.8) is 0 Å². The van der Waals surface area contributed by atoms with Gasteiger partial charge in [0.25, 0.3) is 11.6 Å². The lowest BCUT2D eigenvalue weighted by atomic mass is 10.0. The molecule has 0 saturated heterocycles. The maximum absolute atomic E-state index is 12.7. The standard InChI is InChI=1S/C22H19BrN2O6S/c1-3-30-22(27)19-18(14-6-4-8-16(10-14)25(28)29)12-32-21(19)24-20(26)13(2)31-17-9-5-7-15(23)11-17/h4-13H,3H2,1-2H3,(H,24,26)/t13-/m1/s1. The van der Waals surface area contributed by atoms with Crippen LogP contribution in [0.1, 0.15) is 24.2 Å². The second-order valence-electron chi connectivity index (χ2n) is 6.59. The SMILES string of the molecule is CCOC(=O)c1c(-c2cccc([N+](=O)[O-])c2)csc1NC(=O)[C@@H](C)Oc1cccc(Br)c1. The second-order valence-corrected chi connectivity index (χ2v) is 8.38. The van der Waals surface area contributed by atoms with E-state index in [4.69, 9.17) is 9.47 Å². The molecule has 1 heterocycles. The fourth-order valence-corrected chi connectivity index (χ4v) is 4.21. The number of esters is 1. The molecule has 1 aromatic heterocycles. The zero-order valence-electron chi connectivity index (χ0n) is 17.2. The maximum atomic E-state index is 12.7. The summed E-state index contributed by atoms with van der Waals surface area (Å²) in [6.45, 7) is 3.40. The molecule has 1 atom stereocenters. The highest BCUT2D eigenvalue weighted by molar-refractivity contribution is 9.10. The third-order valence-corrected chi connectivity index (χ3v) is 5.74. The average molecular weight is 519 g/mol. The predicted octanol–water partition coefficient (Wildman–Crippen LogP) is 5.67. The van der Waals surface area contributed by atoms with Gasteiger partial charge in [-0.15, -0.1) is 11.3 Å². The molecule has 0 radical (unpaired) electrons.